The van der Waals surface area contributed by atoms with E-state index in [2.05, 4.69) is 18.3 Å². The number of amides is 1. The number of nitrogens with one attached hydrogen (secondary N) is 1. The minimum atomic E-state index is -0.266. The third-order valence-electron chi connectivity index (χ3n) is 3.59. The molecular weight excluding hydrogens is 240 g/mol. The van der Waals surface area contributed by atoms with Crippen molar-refractivity contribution >= 4 is 11.6 Å². The van der Waals surface area contributed by atoms with E-state index in [1.807, 2.05) is 23.1 Å². The Hall–Kier alpha value is -1.39. The predicted octanol–water partition coefficient (Wildman–Crippen LogP) is 1.33. The molecule has 1 aromatic carbocycles. The van der Waals surface area contributed by atoms with Gasteiger partial charge in [0, 0.05) is 18.8 Å². The summed E-state index contributed by atoms with van der Waals surface area (Å²) in [5.74, 6) is 0.0763. The van der Waals surface area contributed by atoms with Crippen LogP contribution in [0.2, 0.25) is 0 Å². The lowest BCUT2D eigenvalue weighted by atomic mass is 10.1. The van der Waals surface area contributed by atoms with Gasteiger partial charge in [-0.3, -0.25) is 4.79 Å². The molecule has 1 heterocycles. The second kappa shape index (κ2) is 6.68. The Bertz CT molecular complexity index is 434. The van der Waals surface area contributed by atoms with Gasteiger partial charge >= 0.3 is 0 Å². The maximum absolute atomic E-state index is 12.6. The van der Waals surface area contributed by atoms with Gasteiger partial charge in [-0.15, -0.1) is 0 Å². The summed E-state index contributed by atoms with van der Waals surface area (Å²) >= 11 is 0. The Morgan fingerprint density at radius 2 is 2.21 bits per heavy atom. The average molecular weight is 262 g/mol. The van der Waals surface area contributed by atoms with E-state index in [0.717, 1.165) is 31.6 Å². The highest BCUT2D eigenvalue weighted by Crippen LogP contribution is 2.23. The molecule has 1 saturated heterocycles. The van der Waals surface area contributed by atoms with Crippen LogP contribution < -0.4 is 10.2 Å². The standard InChI is InChI=1S/C15H22N2O2/c1-2-12-6-3-4-7-14(12)17-10-5-9-16-13(8-11-18)15(17)19/h3-4,6-7,13,16,18H,2,5,8-11H2,1H3. The van der Waals surface area contributed by atoms with Crippen molar-refractivity contribution in [2.75, 3.05) is 24.6 Å². The Balaban J connectivity index is 2.28. The zero-order valence-corrected chi connectivity index (χ0v) is 11.4. The van der Waals surface area contributed by atoms with Gasteiger partial charge < -0.3 is 15.3 Å². The molecule has 2 rings (SSSR count). The SMILES string of the molecule is CCc1ccccc1N1CCCNC(CCO)C1=O. The molecule has 4 nitrogen and oxygen atoms in total. The van der Waals surface area contributed by atoms with Crippen LogP contribution in [0.25, 0.3) is 0 Å². The van der Waals surface area contributed by atoms with E-state index in [9.17, 15) is 4.79 Å². The van der Waals surface area contributed by atoms with Gasteiger partial charge in [0.05, 0.1) is 6.04 Å². The van der Waals surface area contributed by atoms with Crippen LogP contribution in [0.15, 0.2) is 24.3 Å². The number of aryl methyl sites for hydroxylation is 1. The van der Waals surface area contributed by atoms with Crippen LogP contribution in [0, 0.1) is 0 Å². The van der Waals surface area contributed by atoms with E-state index in [1.165, 1.54) is 5.56 Å². The number of anilines is 1. The largest absolute Gasteiger partial charge is 0.396 e. The van der Waals surface area contributed by atoms with E-state index < -0.39 is 0 Å². The van der Waals surface area contributed by atoms with Crippen LogP contribution in [-0.4, -0.2) is 36.8 Å². The van der Waals surface area contributed by atoms with Gasteiger partial charge in [0.25, 0.3) is 0 Å². The summed E-state index contributed by atoms with van der Waals surface area (Å²) in [6.45, 7) is 3.70. The first-order chi connectivity index (χ1) is 9.27. The number of para-hydroxylation sites is 1. The number of nitrogens with zero attached hydrogens (tertiary/aromatic N) is 1. The molecule has 2 N–H and O–H groups in total. The van der Waals surface area contributed by atoms with E-state index in [1.54, 1.807) is 0 Å². The predicted molar refractivity (Wildman–Crippen MR) is 76.3 cm³/mol. The first kappa shape index (κ1) is 14.0. The van der Waals surface area contributed by atoms with Crippen molar-refractivity contribution in [2.24, 2.45) is 0 Å². The number of rotatable bonds is 4. The zero-order chi connectivity index (χ0) is 13.7. The van der Waals surface area contributed by atoms with Crippen LogP contribution in [0.1, 0.15) is 25.3 Å². The molecule has 1 atom stereocenters. The highest BCUT2D eigenvalue weighted by atomic mass is 16.3. The lowest BCUT2D eigenvalue weighted by Crippen LogP contribution is -2.44. The first-order valence-electron chi connectivity index (χ1n) is 7.01. The average Bonchev–Trinajstić information content (AvgIpc) is 2.62. The number of hydrogen-bond acceptors (Lipinski definition) is 3. The molecule has 0 aliphatic carbocycles. The minimum Gasteiger partial charge on any atom is -0.396 e. The Labute approximate surface area is 114 Å². The Morgan fingerprint density at radius 3 is 2.95 bits per heavy atom. The van der Waals surface area contributed by atoms with Gasteiger partial charge in [-0.25, -0.2) is 0 Å². The smallest absolute Gasteiger partial charge is 0.244 e. The summed E-state index contributed by atoms with van der Waals surface area (Å²) < 4.78 is 0. The van der Waals surface area contributed by atoms with E-state index >= 15 is 0 Å². The van der Waals surface area contributed by atoms with Gasteiger partial charge in [0.15, 0.2) is 0 Å². The fourth-order valence-electron chi connectivity index (χ4n) is 2.57. The Kier molecular flexibility index (Phi) is 4.93. The minimum absolute atomic E-state index is 0.0344. The molecule has 1 aliphatic heterocycles. The lowest BCUT2D eigenvalue weighted by Gasteiger charge is -2.26. The highest BCUT2D eigenvalue weighted by molar-refractivity contribution is 5.98. The highest BCUT2D eigenvalue weighted by Gasteiger charge is 2.27. The van der Waals surface area contributed by atoms with Gasteiger partial charge in [-0.2, -0.15) is 0 Å². The fraction of sp³-hybridized carbons (Fsp3) is 0.533. The number of hydrogen-bond donors (Lipinski definition) is 2. The molecule has 19 heavy (non-hydrogen) atoms. The van der Waals surface area contributed by atoms with Crippen molar-refractivity contribution in [3.63, 3.8) is 0 Å². The monoisotopic (exact) mass is 262 g/mol. The van der Waals surface area contributed by atoms with Crippen molar-refractivity contribution in [2.45, 2.75) is 32.2 Å². The molecular formula is C15H22N2O2. The van der Waals surface area contributed by atoms with Gasteiger partial charge in [-0.1, -0.05) is 25.1 Å². The summed E-state index contributed by atoms with van der Waals surface area (Å²) in [5, 5.41) is 12.3. The quantitative estimate of drug-likeness (QED) is 0.860. The number of carbonyl (C=O) groups is 1. The van der Waals surface area contributed by atoms with E-state index in [0.29, 0.717) is 6.42 Å². The molecule has 1 fully saturated rings. The van der Waals surface area contributed by atoms with Gasteiger partial charge in [0.2, 0.25) is 5.91 Å². The van der Waals surface area contributed by atoms with E-state index in [-0.39, 0.29) is 18.6 Å². The van der Waals surface area contributed by atoms with Gasteiger partial charge in [-0.05, 0) is 37.4 Å². The van der Waals surface area contributed by atoms with Crippen LogP contribution in [-0.2, 0) is 11.2 Å². The summed E-state index contributed by atoms with van der Waals surface area (Å²) in [7, 11) is 0. The maximum Gasteiger partial charge on any atom is 0.244 e. The molecule has 1 aliphatic rings. The van der Waals surface area contributed by atoms with Crippen LogP contribution in [0.4, 0.5) is 5.69 Å². The summed E-state index contributed by atoms with van der Waals surface area (Å²) in [6.07, 6.45) is 2.33. The summed E-state index contributed by atoms with van der Waals surface area (Å²) in [5.41, 5.74) is 2.21. The maximum atomic E-state index is 12.6. The third kappa shape index (κ3) is 3.14. The molecule has 0 bridgehead atoms. The molecule has 104 valence electrons. The second-order valence-corrected chi connectivity index (χ2v) is 4.84. The number of carbonyl (C=O) groups excluding carboxylic acids is 1. The van der Waals surface area contributed by atoms with Crippen molar-refractivity contribution < 1.29 is 9.90 Å². The molecule has 0 spiro atoms. The first-order valence-corrected chi connectivity index (χ1v) is 7.01. The zero-order valence-electron chi connectivity index (χ0n) is 11.4. The summed E-state index contributed by atoms with van der Waals surface area (Å²) in [4.78, 5) is 14.4. The van der Waals surface area contributed by atoms with E-state index in [4.69, 9.17) is 5.11 Å². The lowest BCUT2D eigenvalue weighted by molar-refractivity contribution is -0.120. The number of benzene rings is 1. The molecule has 0 saturated carbocycles. The van der Waals surface area contributed by atoms with Gasteiger partial charge in [0.1, 0.15) is 0 Å². The van der Waals surface area contributed by atoms with Crippen molar-refractivity contribution in [3.8, 4) is 0 Å². The third-order valence-corrected chi connectivity index (χ3v) is 3.59. The molecule has 1 amide bonds. The molecule has 4 heteroatoms. The normalized spacial score (nSPS) is 20.4. The molecule has 1 aromatic rings. The number of aliphatic hydroxyl groups is 1. The topological polar surface area (TPSA) is 52.6 Å². The number of aliphatic hydroxyl groups excluding tert-OH is 1. The second-order valence-electron chi connectivity index (χ2n) is 4.84. The molecule has 0 aromatic heterocycles. The van der Waals surface area contributed by atoms with Crippen LogP contribution in [0.5, 0.6) is 0 Å². The fourth-order valence-corrected chi connectivity index (χ4v) is 2.57. The van der Waals surface area contributed by atoms with Crippen LogP contribution >= 0.6 is 0 Å². The van der Waals surface area contributed by atoms with Crippen molar-refractivity contribution in [1.82, 2.24) is 5.32 Å². The Morgan fingerprint density at radius 1 is 1.42 bits per heavy atom. The summed E-state index contributed by atoms with van der Waals surface area (Å²) in [6, 6.07) is 7.80. The molecule has 1 unspecified atom stereocenters. The van der Waals surface area contributed by atoms with Crippen LogP contribution in [0.3, 0.4) is 0 Å². The van der Waals surface area contributed by atoms with Crippen molar-refractivity contribution in [3.05, 3.63) is 29.8 Å². The molecule has 0 radical (unpaired) electrons. The van der Waals surface area contributed by atoms with Crippen molar-refractivity contribution in [1.29, 1.82) is 0 Å².